The number of methoxy groups -OCH3 is 1. The molecule has 1 rings (SSSR count). The Morgan fingerprint density at radius 1 is 1.28 bits per heavy atom. The average Bonchev–Trinajstić information content (AvgIpc) is 2.43. The highest BCUT2D eigenvalue weighted by molar-refractivity contribution is 4.98. The van der Waals surface area contributed by atoms with Crippen molar-refractivity contribution in [3.8, 4) is 0 Å². The van der Waals surface area contributed by atoms with E-state index in [0.717, 1.165) is 32.7 Å². The van der Waals surface area contributed by atoms with Crippen LogP contribution >= 0.6 is 0 Å². The third-order valence-corrected chi connectivity index (χ3v) is 3.64. The summed E-state index contributed by atoms with van der Waals surface area (Å²) in [6.45, 7) is 12.5. The third-order valence-electron chi connectivity index (χ3n) is 3.64. The van der Waals surface area contributed by atoms with Gasteiger partial charge in [0, 0.05) is 32.8 Å². The predicted molar refractivity (Wildman–Crippen MR) is 75.0 cm³/mol. The molecule has 4 nitrogen and oxygen atoms in total. The number of ether oxygens (including phenoxy) is 2. The molecule has 1 aliphatic heterocycles. The fraction of sp³-hybridized carbons (Fsp3) is 1.00. The Kier molecular flexibility index (Phi) is 5.59. The highest BCUT2D eigenvalue weighted by Crippen LogP contribution is 2.36. The summed E-state index contributed by atoms with van der Waals surface area (Å²) >= 11 is 0. The summed E-state index contributed by atoms with van der Waals surface area (Å²) in [6.07, 6.45) is 1.07. The zero-order chi connectivity index (χ0) is 13.8. The Labute approximate surface area is 112 Å². The molecule has 0 amide bonds. The molecular weight excluding hydrogens is 228 g/mol. The van der Waals surface area contributed by atoms with E-state index in [9.17, 15) is 0 Å². The molecule has 1 aliphatic rings. The normalized spacial score (nSPS) is 25.8. The number of hydrogen-bond donors (Lipinski definition) is 1. The minimum Gasteiger partial charge on any atom is -0.383 e. The van der Waals surface area contributed by atoms with Gasteiger partial charge in [0.25, 0.3) is 0 Å². The summed E-state index contributed by atoms with van der Waals surface area (Å²) in [7, 11) is 3.87. The minimum atomic E-state index is -0.0748. The lowest BCUT2D eigenvalue weighted by Gasteiger charge is -2.28. The summed E-state index contributed by atoms with van der Waals surface area (Å²) < 4.78 is 11.1. The molecule has 0 aliphatic carbocycles. The van der Waals surface area contributed by atoms with Gasteiger partial charge in [-0.15, -0.1) is 0 Å². The second kappa shape index (κ2) is 6.33. The summed E-state index contributed by atoms with van der Waals surface area (Å²) in [6, 6.07) is 0.434. The van der Waals surface area contributed by atoms with Gasteiger partial charge in [-0.1, -0.05) is 0 Å². The largest absolute Gasteiger partial charge is 0.383 e. The molecule has 0 bridgehead atoms. The maximum atomic E-state index is 6.08. The molecule has 4 heteroatoms. The second-order valence-electron chi connectivity index (χ2n) is 6.47. The number of hydrogen-bond acceptors (Lipinski definition) is 4. The van der Waals surface area contributed by atoms with Gasteiger partial charge < -0.3 is 19.7 Å². The minimum absolute atomic E-state index is 0.0108. The number of likely N-dealkylation sites (N-methyl/N-ethyl adjacent to an activating group) is 1. The average molecular weight is 258 g/mol. The van der Waals surface area contributed by atoms with Crippen LogP contribution in [0.15, 0.2) is 0 Å². The summed E-state index contributed by atoms with van der Waals surface area (Å²) in [5.74, 6) is 0. The van der Waals surface area contributed by atoms with Gasteiger partial charge in [0.05, 0.1) is 17.8 Å². The van der Waals surface area contributed by atoms with E-state index in [2.05, 4.69) is 45.0 Å². The van der Waals surface area contributed by atoms with Gasteiger partial charge in [-0.05, 0) is 41.2 Å². The molecule has 1 atom stereocenters. The van der Waals surface area contributed by atoms with Crippen LogP contribution in [-0.2, 0) is 9.47 Å². The van der Waals surface area contributed by atoms with E-state index in [1.165, 1.54) is 0 Å². The Bertz CT molecular complexity index is 254. The van der Waals surface area contributed by atoms with Crippen molar-refractivity contribution in [2.45, 2.75) is 51.4 Å². The second-order valence-corrected chi connectivity index (χ2v) is 6.47. The van der Waals surface area contributed by atoms with Crippen molar-refractivity contribution in [1.29, 1.82) is 0 Å². The lowest BCUT2D eigenvalue weighted by Crippen LogP contribution is -2.45. The highest BCUT2D eigenvalue weighted by Gasteiger charge is 2.45. The first-order valence-corrected chi connectivity index (χ1v) is 6.88. The molecule has 1 heterocycles. The summed E-state index contributed by atoms with van der Waals surface area (Å²) in [5, 5.41) is 3.63. The first-order valence-electron chi connectivity index (χ1n) is 6.88. The van der Waals surface area contributed by atoms with Gasteiger partial charge in [0.1, 0.15) is 0 Å². The summed E-state index contributed by atoms with van der Waals surface area (Å²) in [5.41, 5.74) is -0.0856. The van der Waals surface area contributed by atoms with Crippen LogP contribution in [0.3, 0.4) is 0 Å². The first-order chi connectivity index (χ1) is 8.27. The van der Waals surface area contributed by atoms with Gasteiger partial charge in [0.15, 0.2) is 0 Å². The van der Waals surface area contributed by atoms with Crippen LogP contribution in [0.2, 0.25) is 0 Å². The SMILES string of the molecule is COCCN(C)CCNC1CC(C)(C)OC1(C)C. The molecule has 0 spiro atoms. The molecule has 108 valence electrons. The number of rotatable bonds is 7. The van der Waals surface area contributed by atoms with Crippen molar-refractivity contribution in [2.75, 3.05) is 40.4 Å². The molecule has 0 saturated carbocycles. The molecule has 1 fully saturated rings. The maximum absolute atomic E-state index is 6.08. The van der Waals surface area contributed by atoms with Gasteiger partial charge >= 0.3 is 0 Å². The van der Waals surface area contributed by atoms with Crippen molar-refractivity contribution in [3.63, 3.8) is 0 Å². The van der Waals surface area contributed by atoms with Crippen molar-refractivity contribution in [2.24, 2.45) is 0 Å². The molecule has 1 unspecified atom stereocenters. The van der Waals surface area contributed by atoms with Crippen LogP contribution in [0.25, 0.3) is 0 Å². The zero-order valence-corrected chi connectivity index (χ0v) is 12.9. The lowest BCUT2D eigenvalue weighted by atomic mass is 9.94. The Balaban J connectivity index is 2.27. The third kappa shape index (κ3) is 4.84. The highest BCUT2D eigenvalue weighted by atomic mass is 16.5. The van der Waals surface area contributed by atoms with E-state index in [-0.39, 0.29) is 11.2 Å². The lowest BCUT2D eigenvalue weighted by molar-refractivity contribution is -0.0698. The molecule has 1 saturated heterocycles. The molecule has 18 heavy (non-hydrogen) atoms. The molecule has 1 N–H and O–H groups in total. The zero-order valence-electron chi connectivity index (χ0n) is 12.9. The maximum Gasteiger partial charge on any atom is 0.0787 e. The van der Waals surface area contributed by atoms with E-state index in [4.69, 9.17) is 9.47 Å². The van der Waals surface area contributed by atoms with Gasteiger partial charge in [-0.25, -0.2) is 0 Å². The Morgan fingerprint density at radius 2 is 1.94 bits per heavy atom. The topological polar surface area (TPSA) is 33.7 Å². The number of nitrogens with zero attached hydrogens (tertiary/aromatic N) is 1. The van der Waals surface area contributed by atoms with Gasteiger partial charge in [0.2, 0.25) is 0 Å². The summed E-state index contributed by atoms with van der Waals surface area (Å²) in [4.78, 5) is 2.28. The molecule has 0 aromatic carbocycles. The Morgan fingerprint density at radius 3 is 2.44 bits per heavy atom. The fourth-order valence-corrected chi connectivity index (χ4v) is 2.67. The van der Waals surface area contributed by atoms with E-state index in [0.29, 0.717) is 6.04 Å². The van der Waals surface area contributed by atoms with Crippen LogP contribution in [0.4, 0.5) is 0 Å². The standard InChI is InChI=1S/C14H30N2O2/c1-13(2)11-12(14(3,4)18-13)15-7-8-16(5)9-10-17-6/h12,15H,7-11H2,1-6H3. The van der Waals surface area contributed by atoms with E-state index in [1.54, 1.807) is 7.11 Å². The number of nitrogens with one attached hydrogen (secondary N) is 1. The van der Waals surface area contributed by atoms with Gasteiger partial charge in [-0.2, -0.15) is 0 Å². The van der Waals surface area contributed by atoms with E-state index >= 15 is 0 Å². The molecule has 0 radical (unpaired) electrons. The van der Waals surface area contributed by atoms with E-state index in [1.807, 2.05) is 0 Å². The molecule has 0 aromatic rings. The quantitative estimate of drug-likeness (QED) is 0.750. The first kappa shape index (κ1) is 15.9. The van der Waals surface area contributed by atoms with Crippen molar-refractivity contribution >= 4 is 0 Å². The smallest absolute Gasteiger partial charge is 0.0787 e. The molecular formula is C14H30N2O2. The van der Waals surface area contributed by atoms with E-state index < -0.39 is 0 Å². The van der Waals surface area contributed by atoms with Crippen LogP contribution in [0, 0.1) is 0 Å². The Hall–Kier alpha value is -0.160. The van der Waals surface area contributed by atoms with Crippen LogP contribution < -0.4 is 5.32 Å². The van der Waals surface area contributed by atoms with Crippen molar-refractivity contribution in [3.05, 3.63) is 0 Å². The fourth-order valence-electron chi connectivity index (χ4n) is 2.67. The van der Waals surface area contributed by atoms with Crippen LogP contribution in [-0.4, -0.2) is 62.5 Å². The van der Waals surface area contributed by atoms with Gasteiger partial charge in [-0.3, -0.25) is 0 Å². The van der Waals surface area contributed by atoms with Crippen molar-refractivity contribution in [1.82, 2.24) is 10.2 Å². The predicted octanol–water partition coefficient (Wildman–Crippen LogP) is 1.50. The molecule has 0 aromatic heterocycles. The van der Waals surface area contributed by atoms with Crippen molar-refractivity contribution < 1.29 is 9.47 Å². The monoisotopic (exact) mass is 258 g/mol. The van der Waals surface area contributed by atoms with Crippen LogP contribution in [0.1, 0.15) is 34.1 Å². The van der Waals surface area contributed by atoms with Crippen LogP contribution in [0.5, 0.6) is 0 Å².